The molecule has 84 valence electrons. The van der Waals surface area contributed by atoms with E-state index in [9.17, 15) is 13.2 Å². The summed E-state index contributed by atoms with van der Waals surface area (Å²) in [4.78, 5) is 10.2. The van der Waals surface area contributed by atoms with E-state index < -0.39 is 15.8 Å². The van der Waals surface area contributed by atoms with Crippen molar-refractivity contribution in [1.82, 2.24) is 9.78 Å². The summed E-state index contributed by atoms with van der Waals surface area (Å²) in [5.41, 5.74) is 0. The van der Waals surface area contributed by atoms with Gasteiger partial charge in [0.2, 0.25) is 0 Å². The molecule has 0 saturated heterocycles. The number of carbonyl (C=O) groups is 1. The van der Waals surface area contributed by atoms with E-state index in [0.29, 0.717) is 0 Å². The third-order valence-electron chi connectivity index (χ3n) is 1.82. The summed E-state index contributed by atoms with van der Waals surface area (Å²) in [6.07, 6.45) is 2.87. The molecule has 7 heteroatoms. The summed E-state index contributed by atoms with van der Waals surface area (Å²) in [6, 6.07) is 1.70. The fraction of sp³-hybridized carbons (Fsp3) is 0.500. The smallest absolute Gasteiger partial charge is 0.304 e. The monoisotopic (exact) mass is 232 g/mol. The maximum Gasteiger partial charge on any atom is 0.304 e. The summed E-state index contributed by atoms with van der Waals surface area (Å²) >= 11 is 0. The maximum absolute atomic E-state index is 11.3. The molecule has 1 heterocycles. The predicted molar refractivity (Wildman–Crippen MR) is 53.1 cm³/mol. The van der Waals surface area contributed by atoms with Crippen LogP contribution in [-0.4, -0.2) is 40.8 Å². The van der Waals surface area contributed by atoms with E-state index in [-0.39, 0.29) is 24.5 Å². The third-order valence-corrected chi connectivity index (χ3v) is 3.45. The van der Waals surface area contributed by atoms with E-state index in [4.69, 9.17) is 5.11 Å². The molecule has 0 radical (unpaired) electrons. The van der Waals surface area contributed by atoms with Crippen LogP contribution in [0.15, 0.2) is 18.5 Å². The van der Waals surface area contributed by atoms with E-state index in [1.807, 2.05) is 0 Å². The lowest BCUT2D eigenvalue weighted by molar-refractivity contribution is -0.136. The molecule has 0 atom stereocenters. The van der Waals surface area contributed by atoms with Crippen LogP contribution in [0.2, 0.25) is 0 Å². The first-order valence-corrected chi connectivity index (χ1v) is 6.21. The molecule has 0 aliphatic carbocycles. The lowest BCUT2D eigenvalue weighted by Gasteiger charge is -2.02. The van der Waals surface area contributed by atoms with Gasteiger partial charge in [-0.25, -0.2) is 8.42 Å². The van der Waals surface area contributed by atoms with Gasteiger partial charge in [-0.2, -0.15) is 5.10 Å². The number of aryl methyl sites for hydroxylation is 1. The first kappa shape index (κ1) is 11.7. The highest BCUT2D eigenvalue weighted by Gasteiger charge is 2.13. The number of hydrogen-bond donors (Lipinski definition) is 1. The zero-order valence-corrected chi connectivity index (χ0v) is 8.85. The Kier molecular flexibility index (Phi) is 3.84. The van der Waals surface area contributed by atoms with E-state index in [2.05, 4.69) is 5.10 Å². The number of carboxylic acid groups (broad SMARTS) is 1. The first-order valence-electron chi connectivity index (χ1n) is 4.39. The van der Waals surface area contributed by atoms with Gasteiger partial charge < -0.3 is 5.11 Å². The Morgan fingerprint density at radius 3 is 2.67 bits per heavy atom. The van der Waals surface area contributed by atoms with E-state index in [1.54, 1.807) is 18.5 Å². The fourth-order valence-electron chi connectivity index (χ4n) is 1.01. The van der Waals surface area contributed by atoms with Crippen molar-refractivity contribution in [1.29, 1.82) is 0 Å². The number of aromatic nitrogens is 2. The highest BCUT2D eigenvalue weighted by molar-refractivity contribution is 7.91. The van der Waals surface area contributed by atoms with E-state index in [1.165, 1.54) is 4.68 Å². The molecule has 0 aliphatic rings. The minimum atomic E-state index is -3.29. The molecular formula is C8H12N2O4S. The van der Waals surface area contributed by atoms with Crippen LogP contribution in [0.3, 0.4) is 0 Å². The van der Waals surface area contributed by atoms with Gasteiger partial charge in [0, 0.05) is 12.4 Å². The molecule has 0 fully saturated rings. The summed E-state index contributed by atoms with van der Waals surface area (Å²) in [6.45, 7) is 0.259. The van der Waals surface area contributed by atoms with Gasteiger partial charge in [-0.1, -0.05) is 0 Å². The van der Waals surface area contributed by atoms with Crippen LogP contribution in [0.25, 0.3) is 0 Å². The van der Waals surface area contributed by atoms with Crippen LogP contribution in [0, 0.1) is 0 Å². The van der Waals surface area contributed by atoms with Crippen LogP contribution >= 0.6 is 0 Å². The van der Waals surface area contributed by atoms with Crippen molar-refractivity contribution < 1.29 is 18.3 Å². The van der Waals surface area contributed by atoms with Crippen molar-refractivity contribution in [3.8, 4) is 0 Å². The minimum absolute atomic E-state index is 0.0814. The van der Waals surface area contributed by atoms with Gasteiger partial charge in [0.05, 0.1) is 24.5 Å². The molecule has 0 amide bonds. The van der Waals surface area contributed by atoms with Crippen molar-refractivity contribution in [3.05, 3.63) is 18.5 Å². The Bertz CT molecular complexity index is 410. The molecule has 6 nitrogen and oxygen atoms in total. The number of aliphatic carboxylic acids is 1. The van der Waals surface area contributed by atoms with Crippen molar-refractivity contribution >= 4 is 15.8 Å². The van der Waals surface area contributed by atoms with Crippen LogP contribution in [0.4, 0.5) is 0 Å². The molecule has 1 N–H and O–H groups in total. The third kappa shape index (κ3) is 4.59. The highest BCUT2D eigenvalue weighted by atomic mass is 32.2. The number of sulfone groups is 1. The number of hydrogen-bond acceptors (Lipinski definition) is 4. The second-order valence-electron chi connectivity index (χ2n) is 3.06. The summed E-state index contributed by atoms with van der Waals surface area (Å²) in [7, 11) is -3.29. The van der Waals surface area contributed by atoms with Crippen molar-refractivity contribution in [2.24, 2.45) is 0 Å². The molecule has 0 spiro atoms. The molecular weight excluding hydrogens is 220 g/mol. The van der Waals surface area contributed by atoms with Crippen LogP contribution < -0.4 is 0 Å². The molecule has 1 aromatic rings. The number of nitrogens with zero attached hydrogens (tertiary/aromatic N) is 2. The molecule has 1 rings (SSSR count). The molecule has 0 unspecified atom stereocenters. The number of carboxylic acids is 1. The zero-order valence-electron chi connectivity index (χ0n) is 8.04. The van der Waals surface area contributed by atoms with Crippen LogP contribution in [0.5, 0.6) is 0 Å². The van der Waals surface area contributed by atoms with Crippen molar-refractivity contribution in [2.75, 3.05) is 11.5 Å². The molecule has 15 heavy (non-hydrogen) atoms. The second-order valence-corrected chi connectivity index (χ2v) is 5.37. The maximum atomic E-state index is 11.3. The van der Waals surface area contributed by atoms with Gasteiger partial charge in [-0.15, -0.1) is 0 Å². The molecule has 1 aromatic heterocycles. The lowest BCUT2D eigenvalue weighted by atomic mass is 10.5. The Hall–Kier alpha value is -1.37. The Morgan fingerprint density at radius 1 is 1.40 bits per heavy atom. The standard InChI is InChI=1S/C8H12N2O4S/c11-8(12)2-6-15(13,14)7-5-10-4-1-3-9-10/h1,3-4H,2,5-7H2,(H,11,12). The first-order chi connectivity index (χ1) is 6.99. The summed E-state index contributed by atoms with van der Waals surface area (Å²) in [5.74, 6) is -1.50. The van der Waals surface area contributed by atoms with Crippen LogP contribution in [0.1, 0.15) is 6.42 Å². The Balaban J connectivity index is 2.40. The fourth-order valence-corrected chi connectivity index (χ4v) is 2.17. The van der Waals surface area contributed by atoms with Gasteiger partial charge in [-0.3, -0.25) is 9.48 Å². The number of rotatable bonds is 6. The van der Waals surface area contributed by atoms with Gasteiger partial charge >= 0.3 is 5.97 Å². The SMILES string of the molecule is O=C(O)CCS(=O)(=O)CCn1cccn1. The summed E-state index contributed by atoms with van der Waals surface area (Å²) in [5, 5.41) is 12.2. The average molecular weight is 232 g/mol. The topological polar surface area (TPSA) is 89.3 Å². The van der Waals surface area contributed by atoms with Crippen molar-refractivity contribution in [3.63, 3.8) is 0 Å². The zero-order chi connectivity index (χ0) is 11.3. The van der Waals surface area contributed by atoms with Gasteiger partial charge in [0.25, 0.3) is 0 Å². The van der Waals surface area contributed by atoms with Gasteiger partial charge in [0.15, 0.2) is 9.84 Å². The van der Waals surface area contributed by atoms with Crippen molar-refractivity contribution in [2.45, 2.75) is 13.0 Å². The normalized spacial score (nSPS) is 11.5. The van der Waals surface area contributed by atoms with E-state index >= 15 is 0 Å². The largest absolute Gasteiger partial charge is 0.481 e. The minimum Gasteiger partial charge on any atom is -0.481 e. The Morgan fingerprint density at radius 2 is 2.13 bits per heavy atom. The summed E-state index contributed by atoms with van der Waals surface area (Å²) < 4.78 is 24.1. The molecule has 0 aromatic carbocycles. The van der Waals surface area contributed by atoms with Crippen LogP contribution in [-0.2, 0) is 21.2 Å². The molecule has 0 saturated carbocycles. The van der Waals surface area contributed by atoms with Gasteiger partial charge in [0.1, 0.15) is 0 Å². The van der Waals surface area contributed by atoms with Gasteiger partial charge in [-0.05, 0) is 6.07 Å². The second kappa shape index (κ2) is 4.92. The Labute approximate surface area is 87.4 Å². The quantitative estimate of drug-likeness (QED) is 0.732. The molecule has 0 bridgehead atoms. The molecule has 0 aliphatic heterocycles. The predicted octanol–water partition coefficient (Wildman–Crippen LogP) is -0.227. The average Bonchev–Trinajstić information content (AvgIpc) is 2.65. The lowest BCUT2D eigenvalue weighted by Crippen LogP contribution is -2.18. The highest BCUT2D eigenvalue weighted by Crippen LogP contribution is 1.96. The van der Waals surface area contributed by atoms with E-state index in [0.717, 1.165) is 0 Å².